The summed E-state index contributed by atoms with van der Waals surface area (Å²) in [7, 11) is 1.82. The highest BCUT2D eigenvalue weighted by Crippen LogP contribution is 2.16. The molecule has 0 aromatic heterocycles. The third kappa shape index (κ3) is 6.40. The summed E-state index contributed by atoms with van der Waals surface area (Å²) in [5, 5.41) is 6.76. The van der Waals surface area contributed by atoms with Gasteiger partial charge in [-0.15, -0.1) is 0 Å². The number of anilines is 1. The lowest BCUT2D eigenvalue weighted by Gasteiger charge is -2.28. The Labute approximate surface area is 146 Å². The van der Waals surface area contributed by atoms with E-state index < -0.39 is 0 Å². The molecule has 0 unspecified atom stereocenters. The van der Waals surface area contributed by atoms with E-state index in [1.807, 2.05) is 7.05 Å². The van der Waals surface area contributed by atoms with Gasteiger partial charge in [0.15, 0.2) is 5.96 Å². The minimum absolute atomic E-state index is 0.790. The van der Waals surface area contributed by atoms with E-state index in [9.17, 15) is 0 Å². The Balaban J connectivity index is 1.72. The molecular formula is C19H32N4O. The zero-order valence-electron chi connectivity index (χ0n) is 15.2. The van der Waals surface area contributed by atoms with Crippen molar-refractivity contribution in [2.45, 2.75) is 39.2 Å². The molecule has 1 aliphatic heterocycles. The molecule has 1 saturated heterocycles. The van der Waals surface area contributed by atoms with Gasteiger partial charge in [0.05, 0.1) is 13.2 Å². The number of hydrogen-bond acceptors (Lipinski definition) is 3. The van der Waals surface area contributed by atoms with E-state index in [2.05, 4.69) is 51.7 Å². The summed E-state index contributed by atoms with van der Waals surface area (Å²) < 4.78 is 5.40. The molecule has 2 N–H and O–H groups in total. The van der Waals surface area contributed by atoms with Gasteiger partial charge in [0.1, 0.15) is 0 Å². The zero-order valence-corrected chi connectivity index (χ0v) is 15.2. The minimum atomic E-state index is 0.790. The standard InChI is InChI=1S/C19H32N4O/c1-3-4-5-6-11-21-19(20-2)22-16-17-7-9-18(10-8-17)23-12-14-24-15-13-23/h7-10H,3-6,11-16H2,1-2H3,(H2,20,21,22). The van der Waals surface area contributed by atoms with E-state index in [1.54, 1.807) is 0 Å². The van der Waals surface area contributed by atoms with Gasteiger partial charge in [-0.05, 0) is 24.1 Å². The first-order valence-corrected chi connectivity index (χ1v) is 9.19. The van der Waals surface area contributed by atoms with Crippen LogP contribution in [0.4, 0.5) is 5.69 Å². The van der Waals surface area contributed by atoms with E-state index >= 15 is 0 Å². The molecular weight excluding hydrogens is 300 g/mol. The van der Waals surface area contributed by atoms with E-state index in [-0.39, 0.29) is 0 Å². The van der Waals surface area contributed by atoms with Crippen molar-refractivity contribution in [2.75, 3.05) is 44.8 Å². The van der Waals surface area contributed by atoms with Crippen LogP contribution in [0.3, 0.4) is 0 Å². The highest BCUT2D eigenvalue weighted by molar-refractivity contribution is 5.79. The molecule has 0 amide bonds. The molecule has 0 spiro atoms. The van der Waals surface area contributed by atoms with Gasteiger partial charge in [0, 0.05) is 38.9 Å². The Morgan fingerprint density at radius 3 is 2.50 bits per heavy atom. The predicted octanol–water partition coefficient (Wildman–Crippen LogP) is 2.77. The first-order valence-electron chi connectivity index (χ1n) is 9.19. The van der Waals surface area contributed by atoms with Crippen LogP contribution < -0.4 is 15.5 Å². The molecule has 1 heterocycles. The van der Waals surface area contributed by atoms with Gasteiger partial charge < -0.3 is 20.3 Å². The second-order valence-corrected chi connectivity index (χ2v) is 6.18. The number of hydrogen-bond donors (Lipinski definition) is 2. The van der Waals surface area contributed by atoms with Crippen molar-refractivity contribution >= 4 is 11.6 Å². The fraction of sp³-hybridized carbons (Fsp3) is 0.632. The van der Waals surface area contributed by atoms with Crippen LogP contribution in [0, 0.1) is 0 Å². The van der Waals surface area contributed by atoms with Crippen LogP contribution in [0.25, 0.3) is 0 Å². The number of rotatable bonds is 8. The lowest BCUT2D eigenvalue weighted by atomic mass is 10.2. The van der Waals surface area contributed by atoms with Crippen LogP contribution in [-0.4, -0.2) is 45.9 Å². The van der Waals surface area contributed by atoms with Gasteiger partial charge in [-0.25, -0.2) is 0 Å². The van der Waals surface area contributed by atoms with Crippen molar-refractivity contribution in [3.05, 3.63) is 29.8 Å². The number of unbranched alkanes of at least 4 members (excludes halogenated alkanes) is 3. The van der Waals surface area contributed by atoms with Crippen molar-refractivity contribution in [3.8, 4) is 0 Å². The molecule has 0 atom stereocenters. The Kier molecular flexibility index (Phi) is 8.46. The molecule has 2 rings (SSSR count). The number of benzene rings is 1. The van der Waals surface area contributed by atoms with Gasteiger partial charge in [-0.1, -0.05) is 38.3 Å². The Morgan fingerprint density at radius 2 is 1.83 bits per heavy atom. The maximum Gasteiger partial charge on any atom is 0.191 e. The maximum atomic E-state index is 5.40. The summed E-state index contributed by atoms with van der Waals surface area (Å²) in [6.45, 7) is 7.61. The van der Waals surface area contributed by atoms with Gasteiger partial charge in [-0.3, -0.25) is 4.99 Å². The number of nitrogens with zero attached hydrogens (tertiary/aromatic N) is 2. The van der Waals surface area contributed by atoms with E-state index in [1.165, 1.54) is 36.9 Å². The number of ether oxygens (including phenoxy) is 1. The number of nitrogens with one attached hydrogen (secondary N) is 2. The van der Waals surface area contributed by atoms with Gasteiger partial charge in [0.25, 0.3) is 0 Å². The zero-order chi connectivity index (χ0) is 17.0. The molecule has 1 fully saturated rings. The summed E-state index contributed by atoms with van der Waals surface area (Å²) in [4.78, 5) is 6.66. The van der Waals surface area contributed by atoms with Crippen molar-refractivity contribution in [3.63, 3.8) is 0 Å². The monoisotopic (exact) mass is 332 g/mol. The van der Waals surface area contributed by atoms with Crippen LogP contribution in [0.5, 0.6) is 0 Å². The van der Waals surface area contributed by atoms with Gasteiger partial charge in [0.2, 0.25) is 0 Å². The van der Waals surface area contributed by atoms with Crippen molar-refractivity contribution in [1.29, 1.82) is 0 Å². The smallest absolute Gasteiger partial charge is 0.191 e. The number of morpholine rings is 1. The fourth-order valence-corrected chi connectivity index (χ4v) is 2.81. The summed E-state index contributed by atoms with van der Waals surface area (Å²) >= 11 is 0. The highest BCUT2D eigenvalue weighted by Gasteiger charge is 2.10. The topological polar surface area (TPSA) is 48.9 Å². The average molecular weight is 332 g/mol. The minimum Gasteiger partial charge on any atom is -0.378 e. The average Bonchev–Trinajstić information content (AvgIpc) is 2.65. The molecule has 1 aliphatic rings. The van der Waals surface area contributed by atoms with Gasteiger partial charge >= 0.3 is 0 Å². The largest absolute Gasteiger partial charge is 0.378 e. The predicted molar refractivity (Wildman–Crippen MR) is 102 cm³/mol. The van der Waals surface area contributed by atoms with Crippen LogP contribution in [0.1, 0.15) is 38.2 Å². The van der Waals surface area contributed by atoms with Crippen LogP contribution in [-0.2, 0) is 11.3 Å². The first-order chi connectivity index (χ1) is 11.8. The fourth-order valence-electron chi connectivity index (χ4n) is 2.81. The Hall–Kier alpha value is -1.75. The number of guanidine groups is 1. The molecule has 134 valence electrons. The van der Waals surface area contributed by atoms with E-state index in [0.29, 0.717) is 0 Å². The summed E-state index contributed by atoms with van der Waals surface area (Å²) in [5.74, 6) is 0.878. The number of aliphatic imine (C=N–C) groups is 1. The maximum absolute atomic E-state index is 5.40. The summed E-state index contributed by atoms with van der Waals surface area (Å²) in [6, 6.07) is 8.77. The molecule has 0 radical (unpaired) electrons. The molecule has 5 heteroatoms. The second kappa shape index (κ2) is 10.9. The molecule has 0 saturated carbocycles. The lowest BCUT2D eigenvalue weighted by Crippen LogP contribution is -2.37. The van der Waals surface area contributed by atoms with E-state index in [4.69, 9.17) is 4.74 Å². The molecule has 5 nitrogen and oxygen atoms in total. The van der Waals surface area contributed by atoms with Crippen LogP contribution in [0.15, 0.2) is 29.3 Å². The van der Waals surface area contributed by atoms with E-state index in [0.717, 1.165) is 45.4 Å². The summed E-state index contributed by atoms with van der Waals surface area (Å²) in [5.41, 5.74) is 2.54. The second-order valence-electron chi connectivity index (χ2n) is 6.18. The van der Waals surface area contributed by atoms with Crippen LogP contribution in [0.2, 0.25) is 0 Å². The first kappa shape index (κ1) is 18.6. The molecule has 1 aromatic carbocycles. The Morgan fingerprint density at radius 1 is 1.08 bits per heavy atom. The molecule has 1 aromatic rings. The molecule has 0 aliphatic carbocycles. The van der Waals surface area contributed by atoms with Crippen molar-refractivity contribution in [1.82, 2.24) is 10.6 Å². The van der Waals surface area contributed by atoms with Crippen LogP contribution >= 0.6 is 0 Å². The third-order valence-electron chi connectivity index (χ3n) is 4.32. The molecule has 0 bridgehead atoms. The summed E-state index contributed by atoms with van der Waals surface area (Å²) in [6.07, 6.45) is 5.06. The van der Waals surface area contributed by atoms with Crippen molar-refractivity contribution in [2.24, 2.45) is 4.99 Å². The molecule has 24 heavy (non-hydrogen) atoms. The third-order valence-corrected chi connectivity index (χ3v) is 4.32. The van der Waals surface area contributed by atoms with Gasteiger partial charge in [-0.2, -0.15) is 0 Å². The quantitative estimate of drug-likeness (QED) is 0.437. The lowest BCUT2D eigenvalue weighted by molar-refractivity contribution is 0.122. The Bertz CT molecular complexity index is 481. The normalized spacial score (nSPS) is 15.4. The highest BCUT2D eigenvalue weighted by atomic mass is 16.5. The van der Waals surface area contributed by atoms with Crippen molar-refractivity contribution < 1.29 is 4.74 Å². The SMILES string of the molecule is CCCCCCNC(=NC)NCc1ccc(N2CCOCC2)cc1.